The monoisotopic (exact) mass is 316 g/mol. The van der Waals surface area contributed by atoms with Gasteiger partial charge in [0.15, 0.2) is 0 Å². The third kappa shape index (κ3) is 4.09. The molecule has 0 saturated carbocycles. The first-order valence-electron chi connectivity index (χ1n) is 8.36. The van der Waals surface area contributed by atoms with Crippen LogP contribution in [-0.2, 0) is 16.1 Å². The number of rotatable bonds is 4. The topological polar surface area (TPSA) is 73.5 Å². The van der Waals surface area contributed by atoms with Gasteiger partial charge < -0.3 is 10.6 Å². The zero-order valence-electron chi connectivity index (χ0n) is 13.3. The van der Waals surface area contributed by atoms with Crippen LogP contribution >= 0.6 is 0 Å². The van der Waals surface area contributed by atoms with Gasteiger partial charge >= 0.3 is 0 Å². The van der Waals surface area contributed by atoms with Crippen molar-refractivity contribution in [1.82, 2.24) is 21.1 Å². The first kappa shape index (κ1) is 16.0. The predicted molar refractivity (Wildman–Crippen MR) is 87.2 cm³/mol. The summed E-state index contributed by atoms with van der Waals surface area (Å²) in [6.07, 6.45) is 3.63. The molecule has 0 aliphatic carbocycles. The number of hydrogen-bond acceptors (Lipinski definition) is 4. The van der Waals surface area contributed by atoms with Gasteiger partial charge in [-0.1, -0.05) is 30.3 Å². The van der Waals surface area contributed by atoms with Gasteiger partial charge in [-0.05, 0) is 44.3 Å². The molecule has 6 heteroatoms. The average molecular weight is 316 g/mol. The van der Waals surface area contributed by atoms with Crippen molar-refractivity contribution in [2.45, 2.75) is 44.3 Å². The van der Waals surface area contributed by atoms with Crippen LogP contribution in [0.25, 0.3) is 0 Å². The average Bonchev–Trinajstić information content (AvgIpc) is 3.27. The van der Waals surface area contributed by atoms with Crippen LogP contribution in [0.1, 0.15) is 31.2 Å². The minimum absolute atomic E-state index is 0.0577. The second-order valence-electron chi connectivity index (χ2n) is 6.18. The Bertz CT molecular complexity index is 537. The van der Waals surface area contributed by atoms with Crippen molar-refractivity contribution < 1.29 is 9.59 Å². The number of carbonyl (C=O) groups excluding carboxylic acids is 2. The van der Waals surface area contributed by atoms with Crippen LogP contribution in [0, 0.1) is 0 Å². The third-order valence-corrected chi connectivity index (χ3v) is 4.43. The summed E-state index contributed by atoms with van der Waals surface area (Å²) in [6.45, 7) is 2.10. The number of amides is 2. The maximum absolute atomic E-state index is 12.7. The Morgan fingerprint density at radius 3 is 2.30 bits per heavy atom. The fourth-order valence-electron chi connectivity index (χ4n) is 3.14. The van der Waals surface area contributed by atoms with Gasteiger partial charge in [0, 0.05) is 0 Å². The van der Waals surface area contributed by atoms with Gasteiger partial charge in [-0.15, -0.1) is 0 Å². The number of hydrazine groups is 1. The summed E-state index contributed by atoms with van der Waals surface area (Å²) in [5.41, 5.74) is 3.83. The molecule has 0 aromatic heterocycles. The Morgan fingerprint density at radius 2 is 1.70 bits per heavy atom. The van der Waals surface area contributed by atoms with Crippen LogP contribution in [0.5, 0.6) is 0 Å². The molecule has 1 aromatic rings. The van der Waals surface area contributed by atoms with Crippen molar-refractivity contribution in [2.75, 3.05) is 13.1 Å². The fourth-order valence-corrected chi connectivity index (χ4v) is 3.14. The molecule has 2 amide bonds. The summed E-state index contributed by atoms with van der Waals surface area (Å²) >= 11 is 0. The summed E-state index contributed by atoms with van der Waals surface area (Å²) < 4.78 is 0. The van der Waals surface area contributed by atoms with Crippen LogP contribution in [0.15, 0.2) is 30.3 Å². The SMILES string of the molecule is O=C(NN(Cc1ccccc1)C(=O)C1CCCN1)C1CCCN1. The number of benzene rings is 1. The molecular weight excluding hydrogens is 292 g/mol. The highest BCUT2D eigenvalue weighted by Crippen LogP contribution is 2.12. The quantitative estimate of drug-likeness (QED) is 0.709. The lowest BCUT2D eigenvalue weighted by atomic mass is 10.2. The molecule has 2 fully saturated rings. The highest BCUT2D eigenvalue weighted by molar-refractivity contribution is 5.87. The minimum Gasteiger partial charge on any atom is -0.306 e. The molecule has 3 N–H and O–H groups in total. The standard InChI is InChI=1S/C17H24N4O2/c22-16(14-8-4-10-18-14)20-21(12-13-6-2-1-3-7-13)17(23)15-9-5-11-19-15/h1-3,6-7,14-15,18-19H,4-5,8-12H2,(H,20,22). The normalized spacial score (nSPS) is 23.7. The van der Waals surface area contributed by atoms with E-state index in [2.05, 4.69) is 16.1 Å². The van der Waals surface area contributed by atoms with E-state index in [-0.39, 0.29) is 23.9 Å². The number of nitrogens with one attached hydrogen (secondary N) is 3. The number of hydrogen-bond donors (Lipinski definition) is 3. The molecule has 2 aliphatic heterocycles. The lowest BCUT2D eigenvalue weighted by molar-refractivity contribution is -0.144. The van der Waals surface area contributed by atoms with Crippen molar-refractivity contribution in [2.24, 2.45) is 0 Å². The summed E-state index contributed by atoms with van der Waals surface area (Å²) in [6, 6.07) is 9.34. The molecule has 2 aliphatic rings. The smallest absolute Gasteiger partial charge is 0.258 e. The molecule has 0 radical (unpaired) electrons. The predicted octanol–water partition coefficient (Wildman–Crippen LogP) is 0.550. The first-order valence-corrected chi connectivity index (χ1v) is 8.36. The van der Waals surface area contributed by atoms with E-state index in [1.165, 1.54) is 5.01 Å². The van der Waals surface area contributed by atoms with Gasteiger partial charge in [0.1, 0.15) is 0 Å². The van der Waals surface area contributed by atoms with Crippen molar-refractivity contribution in [3.05, 3.63) is 35.9 Å². The van der Waals surface area contributed by atoms with E-state index < -0.39 is 0 Å². The molecule has 23 heavy (non-hydrogen) atoms. The third-order valence-electron chi connectivity index (χ3n) is 4.43. The zero-order chi connectivity index (χ0) is 16.1. The van der Waals surface area contributed by atoms with Crippen molar-refractivity contribution in [3.63, 3.8) is 0 Å². The lowest BCUT2D eigenvalue weighted by Crippen LogP contribution is -2.55. The van der Waals surface area contributed by atoms with Crippen LogP contribution in [0.4, 0.5) is 0 Å². The number of carbonyl (C=O) groups is 2. The highest BCUT2D eigenvalue weighted by Gasteiger charge is 2.30. The Hall–Kier alpha value is -1.92. The minimum atomic E-state index is -0.199. The second kappa shape index (κ2) is 7.57. The summed E-state index contributed by atoms with van der Waals surface area (Å²) in [5, 5.41) is 7.85. The van der Waals surface area contributed by atoms with E-state index in [0.717, 1.165) is 44.3 Å². The van der Waals surface area contributed by atoms with E-state index in [0.29, 0.717) is 6.54 Å². The van der Waals surface area contributed by atoms with Crippen LogP contribution < -0.4 is 16.1 Å². The van der Waals surface area contributed by atoms with Crippen LogP contribution in [0.2, 0.25) is 0 Å². The maximum Gasteiger partial charge on any atom is 0.258 e. The maximum atomic E-state index is 12.7. The molecule has 124 valence electrons. The first-order chi connectivity index (χ1) is 11.2. The Kier molecular flexibility index (Phi) is 5.25. The lowest BCUT2D eigenvalue weighted by Gasteiger charge is -2.27. The van der Waals surface area contributed by atoms with Gasteiger partial charge in [-0.25, -0.2) is 5.01 Å². The molecule has 0 bridgehead atoms. The highest BCUT2D eigenvalue weighted by atomic mass is 16.2. The van der Waals surface area contributed by atoms with E-state index in [1.54, 1.807) is 0 Å². The Balaban J connectivity index is 1.69. The number of nitrogens with zero attached hydrogens (tertiary/aromatic N) is 1. The van der Waals surface area contributed by atoms with Gasteiger partial charge in [0.2, 0.25) is 0 Å². The van der Waals surface area contributed by atoms with E-state index >= 15 is 0 Å². The van der Waals surface area contributed by atoms with Crippen LogP contribution in [-0.4, -0.2) is 42.0 Å². The second-order valence-corrected chi connectivity index (χ2v) is 6.18. The summed E-state index contributed by atoms with van der Waals surface area (Å²) in [4.78, 5) is 25.1. The van der Waals surface area contributed by atoms with E-state index in [1.807, 2.05) is 30.3 Å². The van der Waals surface area contributed by atoms with Gasteiger partial charge in [0.25, 0.3) is 11.8 Å². The fraction of sp³-hybridized carbons (Fsp3) is 0.529. The largest absolute Gasteiger partial charge is 0.306 e. The van der Waals surface area contributed by atoms with Crippen molar-refractivity contribution in [1.29, 1.82) is 0 Å². The molecule has 2 heterocycles. The Morgan fingerprint density at radius 1 is 1.04 bits per heavy atom. The molecule has 1 aromatic carbocycles. The molecule has 2 unspecified atom stereocenters. The van der Waals surface area contributed by atoms with Gasteiger partial charge in [-0.2, -0.15) is 0 Å². The molecule has 2 saturated heterocycles. The van der Waals surface area contributed by atoms with Gasteiger partial charge in [-0.3, -0.25) is 15.0 Å². The Labute approximate surface area is 136 Å². The molecule has 3 rings (SSSR count). The van der Waals surface area contributed by atoms with Crippen molar-refractivity contribution >= 4 is 11.8 Å². The van der Waals surface area contributed by atoms with Crippen LogP contribution in [0.3, 0.4) is 0 Å². The van der Waals surface area contributed by atoms with E-state index in [9.17, 15) is 9.59 Å². The van der Waals surface area contributed by atoms with E-state index in [4.69, 9.17) is 0 Å². The molecule has 2 atom stereocenters. The summed E-state index contributed by atoms with van der Waals surface area (Å²) in [5.74, 6) is -0.178. The van der Waals surface area contributed by atoms with Gasteiger partial charge in [0.05, 0.1) is 18.6 Å². The molecule has 6 nitrogen and oxygen atoms in total. The van der Waals surface area contributed by atoms with Crippen molar-refractivity contribution in [3.8, 4) is 0 Å². The summed E-state index contributed by atoms with van der Waals surface area (Å²) in [7, 11) is 0. The zero-order valence-corrected chi connectivity index (χ0v) is 13.3. The molecular formula is C17H24N4O2. The molecule has 0 spiro atoms.